The monoisotopic (exact) mass is 330 g/mol. The van der Waals surface area contributed by atoms with E-state index in [1.54, 1.807) is 12.5 Å². The van der Waals surface area contributed by atoms with Crippen LogP contribution in [0.3, 0.4) is 0 Å². The van der Waals surface area contributed by atoms with E-state index in [-0.39, 0.29) is 11.9 Å². The van der Waals surface area contributed by atoms with Gasteiger partial charge < -0.3 is 14.5 Å². The van der Waals surface area contributed by atoms with E-state index in [1.165, 1.54) is 32.1 Å². The first kappa shape index (κ1) is 16.7. The van der Waals surface area contributed by atoms with Crippen LogP contribution in [0.1, 0.15) is 69.2 Å². The van der Waals surface area contributed by atoms with Gasteiger partial charge in [-0.3, -0.25) is 4.79 Å². The van der Waals surface area contributed by atoms with Crippen molar-refractivity contribution in [1.82, 2.24) is 29.6 Å². The fraction of sp³-hybridized carbons (Fsp3) is 0.647. The van der Waals surface area contributed by atoms with Crippen LogP contribution in [0.15, 0.2) is 18.7 Å². The predicted molar refractivity (Wildman–Crippen MR) is 90.3 cm³/mol. The summed E-state index contributed by atoms with van der Waals surface area (Å²) in [6, 6.07) is 0.567. The molecule has 0 spiro atoms. The molecule has 0 aromatic carbocycles. The highest BCUT2D eigenvalue weighted by atomic mass is 16.1. The number of carbonyl (C=O) groups excluding carboxylic acids is 1. The van der Waals surface area contributed by atoms with E-state index >= 15 is 0 Å². The molecule has 2 aromatic rings. The molecule has 0 bridgehead atoms. The Morgan fingerprint density at radius 3 is 2.88 bits per heavy atom. The van der Waals surface area contributed by atoms with E-state index in [4.69, 9.17) is 0 Å². The molecular weight excluding hydrogens is 304 g/mol. The number of imidazole rings is 1. The first-order valence-corrected chi connectivity index (χ1v) is 8.79. The quantitative estimate of drug-likeness (QED) is 0.883. The van der Waals surface area contributed by atoms with Gasteiger partial charge in [-0.25, -0.2) is 4.98 Å². The Hall–Kier alpha value is -2.18. The third kappa shape index (κ3) is 3.83. The first-order valence-electron chi connectivity index (χ1n) is 8.79. The number of aryl methyl sites for hydroxylation is 1. The molecule has 1 aliphatic carbocycles. The second-order valence-electron chi connectivity index (χ2n) is 6.66. The fourth-order valence-electron chi connectivity index (χ4n) is 3.53. The molecule has 1 aliphatic rings. The van der Waals surface area contributed by atoms with Crippen LogP contribution in [0.25, 0.3) is 0 Å². The molecule has 0 radical (unpaired) electrons. The van der Waals surface area contributed by atoms with E-state index < -0.39 is 0 Å². The maximum atomic E-state index is 12.2. The third-order valence-corrected chi connectivity index (χ3v) is 4.88. The molecule has 7 nitrogen and oxygen atoms in total. The lowest BCUT2D eigenvalue weighted by molar-refractivity contribution is -0.122. The number of carbonyl (C=O) groups is 1. The summed E-state index contributed by atoms with van der Waals surface area (Å²) < 4.78 is 4.16. The van der Waals surface area contributed by atoms with Crippen LogP contribution >= 0.6 is 0 Å². The van der Waals surface area contributed by atoms with Crippen molar-refractivity contribution in [3.63, 3.8) is 0 Å². The van der Waals surface area contributed by atoms with Crippen LogP contribution in [0.4, 0.5) is 0 Å². The molecule has 1 amide bonds. The van der Waals surface area contributed by atoms with Gasteiger partial charge in [0.2, 0.25) is 5.91 Å². The standard InChI is InChI=1S/C17H26N6O/c1-13(22-9-8-18-14(22)2)10-17(24)19-11-16-21-20-12-23(16)15-6-4-3-5-7-15/h8-9,12-13,15H,3-7,10-11H2,1-2H3,(H,19,24)/t13-/m0/s1. The number of nitrogens with one attached hydrogen (secondary N) is 1. The van der Waals surface area contributed by atoms with E-state index in [0.29, 0.717) is 19.0 Å². The summed E-state index contributed by atoms with van der Waals surface area (Å²) in [5.74, 6) is 1.79. The molecule has 1 atom stereocenters. The molecule has 1 fully saturated rings. The zero-order chi connectivity index (χ0) is 16.9. The molecule has 1 N–H and O–H groups in total. The average molecular weight is 330 g/mol. The Bertz CT molecular complexity index is 670. The van der Waals surface area contributed by atoms with E-state index in [1.807, 2.05) is 24.6 Å². The van der Waals surface area contributed by atoms with Crippen molar-refractivity contribution in [3.8, 4) is 0 Å². The van der Waals surface area contributed by atoms with Crippen LogP contribution in [-0.2, 0) is 11.3 Å². The second-order valence-corrected chi connectivity index (χ2v) is 6.66. The van der Waals surface area contributed by atoms with Crippen molar-refractivity contribution in [2.24, 2.45) is 0 Å². The van der Waals surface area contributed by atoms with Crippen LogP contribution < -0.4 is 5.32 Å². The molecule has 0 unspecified atom stereocenters. The number of hydrogen-bond acceptors (Lipinski definition) is 4. The Labute approximate surface area is 142 Å². The molecule has 0 aliphatic heterocycles. The van der Waals surface area contributed by atoms with Crippen molar-refractivity contribution in [1.29, 1.82) is 0 Å². The van der Waals surface area contributed by atoms with Gasteiger partial charge in [0.05, 0.1) is 6.54 Å². The molecule has 7 heteroatoms. The number of hydrogen-bond donors (Lipinski definition) is 1. The largest absolute Gasteiger partial charge is 0.349 e. The molecule has 0 saturated heterocycles. The first-order chi connectivity index (χ1) is 11.6. The Morgan fingerprint density at radius 2 is 2.17 bits per heavy atom. The van der Waals surface area contributed by atoms with Crippen molar-refractivity contribution < 1.29 is 4.79 Å². The summed E-state index contributed by atoms with van der Waals surface area (Å²) in [6.45, 7) is 4.41. The fourth-order valence-corrected chi connectivity index (χ4v) is 3.53. The number of aromatic nitrogens is 5. The highest BCUT2D eigenvalue weighted by molar-refractivity contribution is 5.76. The van der Waals surface area contributed by atoms with E-state index in [9.17, 15) is 4.79 Å². The highest BCUT2D eigenvalue weighted by Gasteiger charge is 2.19. The average Bonchev–Trinajstić information content (AvgIpc) is 3.22. The second kappa shape index (κ2) is 7.59. The Morgan fingerprint density at radius 1 is 1.38 bits per heavy atom. The van der Waals surface area contributed by atoms with Gasteiger partial charge in [-0.2, -0.15) is 0 Å². The van der Waals surface area contributed by atoms with Gasteiger partial charge in [0.15, 0.2) is 5.82 Å². The lowest BCUT2D eigenvalue weighted by Gasteiger charge is -2.24. The van der Waals surface area contributed by atoms with Gasteiger partial charge in [-0.15, -0.1) is 10.2 Å². The number of amides is 1. The molecule has 1 saturated carbocycles. The minimum absolute atomic E-state index is 0.0220. The summed E-state index contributed by atoms with van der Waals surface area (Å²) >= 11 is 0. The minimum Gasteiger partial charge on any atom is -0.349 e. The van der Waals surface area contributed by atoms with E-state index in [0.717, 1.165) is 11.6 Å². The van der Waals surface area contributed by atoms with Gasteiger partial charge in [-0.05, 0) is 26.7 Å². The molecule has 2 aromatic heterocycles. The predicted octanol–water partition coefficient (Wildman–Crippen LogP) is 2.56. The number of rotatable bonds is 6. The lowest BCUT2D eigenvalue weighted by Crippen LogP contribution is -2.27. The van der Waals surface area contributed by atoms with Gasteiger partial charge in [0.25, 0.3) is 0 Å². The smallest absolute Gasteiger partial charge is 0.222 e. The summed E-state index contributed by atoms with van der Waals surface area (Å²) in [6.07, 6.45) is 12.1. The lowest BCUT2D eigenvalue weighted by atomic mass is 9.95. The Balaban J connectivity index is 1.53. The molecule has 130 valence electrons. The summed E-state index contributed by atoms with van der Waals surface area (Å²) in [4.78, 5) is 16.4. The van der Waals surface area contributed by atoms with Crippen molar-refractivity contribution in [2.75, 3.05) is 0 Å². The van der Waals surface area contributed by atoms with Crippen LogP contribution in [0, 0.1) is 6.92 Å². The van der Waals surface area contributed by atoms with Gasteiger partial charge in [-0.1, -0.05) is 19.3 Å². The summed E-state index contributed by atoms with van der Waals surface area (Å²) in [5, 5.41) is 11.2. The maximum Gasteiger partial charge on any atom is 0.222 e. The van der Waals surface area contributed by atoms with Crippen LogP contribution in [0.5, 0.6) is 0 Å². The molecular formula is C17H26N6O. The van der Waals surface area contributed by atoms with Crippen molar-refractivity contribution >= 4 is 5.91 Å². The molecule has 2 heterocycles. The molecule has 24 heavy (non-hydrogen) atoms. The van der Waals surface area contributed by atoms with Crippen LogP contribution in [0.2, 0.25) is 0 Å². The van der Waals surface area contributed by atoms with Gasteiger partial charge in [0.1, 0.15) is 12.2 Å². The summed E-state index contributed by atoms with van der Waals surface area (Å²) in [7, 11) is 0. The minimum atomic E-state index is 0.0220. The maximum absolute atomic E-state index is 12.2. The SMILES string of the molecule is Cc1nccn1[C@@H](C)CC(=O)NCc1nncn1C1CCCCC1. The third-order valence-electron chi connectivity index (χ3n) is 4.88. The van der Waals surface area contributed by atoms with Gasteiger partial charge in [0, 0.05) is 30.9 Å². The highest BCUT2D eigenvalue weighted by Crippen LogP contribution is 2.28. The normalized spacial score (nSPS) is 16.9. The van der Waals surface area contributed by atoms with Crippen molar-refractivity contribution in [3.05, 3.63) is 30.4 Å². The van der Waals surface area contributed by atoms with E-state index in [2.05, 4.69) is 25.1 Å². The summed E-state index contributed by atoms with van der Waals surface area (Å²) in [5.41, 5.74) is 0. The molecule has 3 rings (SSSR count). The zero-order valence-corrected chi connectivity index (χ0v) is 14.5. The zero-order valence-electron chi connectivity index (χ0n) is 14.5. The topological polar surface area (TPSA) is 77.6 Å². The Kier molecular flexibility index (Phi) is 5.27. The van der Waals surface area contributed by atoms with Gasteiger partial charge >= 0.3 is 0 Å². The van der Waals surface area contributed by atoms with Crippen LogP contribution in [-0.4, -0.2) is 30.2 Å². The number of nitrogens with zero attached hydrogens (tertiary/aromatic N) is 5. The van der Waals surface area contributed by atoms with Crippen molar-refractivity contribution in [2.45, 2.75) is 71.0 Å².